The molecule has 0 saturated carbocycles. The normalized spacial score (nSPS) is 11.0. The number of carbonyl (C=O) groups is 2. The molecule has 0 fully saturated rings. The van der Waals surface area contributed by atoms with Crippen LogP contribution in [0.25, 0.3) is 0 Å². The molecule has 1 atom stereocenters. The first-order chi connectivity index (χ1) is 11.5. The summed E-state index contributed by atoms with van der Waals surface area (Å²) in [5.74, 6) is -0.465. The van der Waals surface area contributed by atoms with E-state index in [1.54, 1.807) is 42.5 Å². The quantitative estimate of drug-likeness (QED) is 0.854. The molecule has 1 amide bonds. The maximum atomic E-state index is 12.1. The van der Waals surface area contributed by atoms with Crippen LogP contribution in [0.3, 0.4) is 0 Å². The third kappa shape index (κ3) is 4.34. The van der Waals surface area contributed by atoms with E-state index in [0.717, 1.165) is 0 Å². The van der Waals surface area contributed by atoms with Crippen molar-refractivity contribution in [3.8, 4) is 11.8 Å². The molecule has 24 heavy (non-hydrogen) atoms. The topological polar surface area (TPSA) is 88.4 Å². The fourth-order valence-corrected chi connectivity index (χ4v) is 1.92. The number of benzene rings is 2. The van der Waals surface area contributed by atoms with Gasteiger partial charge in [0.25, 0.3) is 5.91 Å². The third-order valence-corrected chi connectivity index (χ3v) is 3.24. The van der Waals surface area contributed by atoms with Gasteiger partial charge in [-0.1, -0.05) is 6.07 Å². The van der Waals surface area contributed by atoms with E-state index < -0.39 is 18.0 Å². The Morgan fingerprint density at radius 1 is 1.17 bits per heavy atom. The minimum absolute atomic E-state index is 0.321. The first-order valence-corrected chi connectivity index (χ1v) is 7.19. The lowest BCUT2D eigenvalue weighted by Gasteiger charge is -2.13. The lowest BCUT2D eigenvalue weighted by molar-refractivity contribution is -0.123. The van der Waals surface area contributed by atoms with E-state index >= 15 is 0 Å². The molecule has 6 heteroatoms. The van der Waals surface area contributed by atoms with Gasteiger partial charge >= 0.3 is 5.97 Å². The lowest BCUT2D eigenvalue weighted by Crippen LogP contribution is -2.30. The average Bonchev–Trinajstić information content (AvgIpc) is 2.61. The Morgan fingerprint density at radius 3 is 2.50 bits per heavy atom. The molecule has 0 unspecified atom stereocenters. The van der Waals surface area contributed by atoms with Crippen LogP contribution < -0.4 is 10.1 Å². The van der Waals surface area contributed by atoms with E-state index in [0.29, 0.717) is 22.6 Å². The standard InChI is InChI=1S/C18H16N2O4/c1-12(17(21)20-15-5-3-4-13(10-15)11-19)24-18(22)14-6-8-16(23-2)9-7-14/h3-10,12H,1-2H3,(H,20,21)/t12-/m0/s1. The highest BCUT2D eigenvalue weighted by molar-refractivity contribution is 5.97. The van der Waals surface area contributed by atoms with Gasteiger partial charge < -0.3 is 14.8 Å². The fraction of sp³-hybridized carbons (Fsp3) is 0.167. The van der Waals surface area contributed by atoms with Gasteiger partial charge in [0.15, 0.2) is 6.10 Å². The number of hydrogen-bond acceptors (Lipinski definition) is 5. The predicted octanol–water partition coefficient (Wildman–Crippen LogP) is 2.75. The molecule has 1 N–H and O–H groups in total. The Bertz CT molecular complexity index is 778. The summed E-state index contributed by atoms with van der Waals surface area (Å²) in [6.07, 6.45) is -0.981. The van der Waals surface area contributed by atoms with Crippen molar-refractivity contribution >= 4 is 17.6 Å². The molecule has 122 valence electrons. The number of nitrogens with zero attached hydrogens (tertiary/aromatic N) is 1. The molecule has 2 rings (SSSR count). The number of esters is 1. The Balaban J connectivity index is 1.97. The molecule has 0 saturated heterocycles. The number of nitriles is 1. The summed E-state index contributed by atoms with van der Waals surface area (Å²) >= 11 is 0. The minimum atomic E-state index is -0.981. The zero-order valence-electron chi connectivity index (χ0n) is 13.3. The second-order valence-corrected chi connectivity index (χ2v) is 4.96. The molecule has 2 aromatic rings. The Kier molecular flexibility index (Phi) is 5.53. The number of ether oxygens (including phenoxy) is 2. The summed E-state index contributed by atoms with van der Waals surface area (Å²) in [5.41, 5.74) is 1.21. The summed E-state index contributed by atoms with van der Waals surface area (Å²) < 4.78 is 10.2. The van der Waals surface area contributed by atoms with Gasteiger partial charge in [-0.25, -0.2) is 4.79 Å². The van der Waals surface area contributed by atoms with Crippen molar-refractivity contribution < 1.29 is 19.1 Å². The number of hydrogen-bond donors (Lipinski definition) is 1. The van der Waals surface area contributed by atoms with Crippen molar-refractivity contribution in [3.05, 3.63) is 59.7 Å². The van der Waals surface area contributed by atoms with Crippen molar-refractivity contribution in [3.63, 3.8) is 0 Å². The molecule has 0 radical (unpaired) electrons. The van der Waals surface area contributed by atoms with Gasteiger partial charge in [-0.05, 0) is 49.4 Å². The van der Waals surface area contributed by atoms with Gasteiger partial charge in [-0.3, -0.25) is 4.79 Å². The van der Waals surface area contributed by atoms with Gasteiger partial charge in [-0.15, -0.1) is 0 Å². The fourth-order valence-electron chi connectivity index (χ4n) is 1.92. The van der Waals surface area contributed by atoms with Crippen LogP contribution in [0, 0.1) is 11.3 Å². The molecular weight excluding hydrogens is 308 g/mol. The Labute approximate surface area is 139 Å². The van der Waals surface area contributed by atoms with Gasteiger partial charge in [0.1, 0.15) is 5.75 Å². The van der Waals surface area contributed by atoms with Gasteiger partial charge in [0.2, 0.25) is 0 Å². The smallest absolute Gasteiger partial charge is 0.338 e. The van der Waals surface area contributed by atoms with Crippen LogP contribution in [-0.2, 0) is 9.53 Å². The van der Waals surface area contributed by atoms with Crippen molar-refractivity contribution in [1.82, 2.24) is 0 Å². The molecule has 6 nitrogen and oxygen atoms in total. The highest BCUT2D eigenvalue weighted by Gasteiger charge is 2.19. The predicted molar refractivity (Wildman–Crippen MR) is 87.7 cm³/mol. The largest absolute Gasteiger partial charge is 0.497 e. The number of nitrogens with one attached hydrogen (secondary N) is 1. The number of rotatable bonds is 5. The third-order valence-electron chi connectivity index (χ3n) is 3.24. The van der Waals surface area contributed by atoms with Crippen LogP contribution in [-0.4, -0.2) is 25.1 Å². The zero-order chi connectivity index (χ0) is 17.5. The lowest BCUT2D eigenvalue weighted by atomic mass is 10.2. The molecule has 0 aliphatic heterocycles. The first-order valence-electron chi connectivity index (χ1n) is 7.19. The minimum Gasteiger partial charge on any atom is -0.497 e. The van der Waals surface area contributed by atoms with Crippen molar-refractivity contribution in [2.75, 3.05) is 12.4 Å². The van der Waals surface area contributed by atoms with Crippen LogP contribution in [0.5, 0.6) is 5.75 Å². The molecule has 0 aliphatic carbocycles. The van der Waals surface area contributed by atoms with Crippen LogP contribution in [0.4, 0.5) is 5.69 Å². The number of methoxy groups -OCH3 is 1. The van der Waals surface area contributed by atoms with Gasteiger partial charge in [-0.2, -0.15) is 5.26 Å². The van der Waals surface area contributed by atoms with E-state index in [1.165, 1.54) is 20.1 Å². The monoisotopic (exact) mass is 324 g/mol. The highest BCUT2D eigenvalue weighted by atomic mass is 16.5. The van der Waals surface area contributed by atoms with Gasteiger partial charge in [0, 0.05) is 5.69 Å². The molecule has 0 heterocycles. The summed E-state index contributed by atoms with van der Waals surface area (Å²) in [6, 6.07) is 14.8. The van der Waals surface area contributed by atoms with Crippen LogP contribution in [0.2, 0.25) is 0 Å². The summed E-state index contributed by atoms with van der Waals surface area (Å²) in [7, 11) is 1.53. The number of amides is 1. The van der Waals surface area contributed by atoms with Crippen molar-refractivity contribution in [2.24, 2.45) is 0 Å². The van der Waals surface area contributed by atoms with E-state index in [1.807, 2.05) is 6.07 Å². The Hall–Kier alpha value is -3.33. The summed E-state index contributed by atoms with van der Waals surface area (Å²) in [4.78, 5) is 24.1. The zero-order valence-corrected chi connectivity index (χ0v) is 13.3. The highest BCUT2D eigenvalue weighted by Crippen LogP contribution is 2.14. The maximum Gasteiger partial charge on any atom is 0.338 e. The molecule has 0 bridgehead atoms. The number of anilines is 1. The van der Waals surface area contributed by atoms with E-state index in [-0.39, 0.29) is 0 Å². The number of carbonyl (C=O) groups excluding carboxylic acids is 2. The second kappa shape index (κ2) is 7.79. The van der Waals surface area contributed by atoms with Crippen molar-refractivity contribution in [1.29, 1.82) is 5.26 Å². The van der Waals surface area contributed by atoms with E-state index in [9.17, 15) is 9.59 Å². The first kappa shape index (κ1) is 17.0. The van der Waals surface area contributed by atoms with Gasteiger partial charge in [0.05, 0.1) is 24.3 Å². The summed E-state index contributed by atoms with van der Waals surface area (Å²) in [6.45, 7) is 1.48. The molecular formula is C18H16N2O4. The van der Waals surface area contributed by atoms with Crippen molar-refractivity contribution in [2.45, 2.75) is 13.0 Å². The summed E-state index contributed by atoms with van der Waals surface area (Å²) in [5, 5.41) is 11.5. The molecule has 0 aliphatic rings. The van der Waals surface area contributed by atoms with E-state index in [4.69, 9.17) is 14.7 Å². The Morgan fingerprint density at radius 2 is 1.88 bits per heavy atom. The maximum absolute atomic E-state index is 12.1. The average molecular weight is 324 g/mol. The van der Waals surface area contributed by atoms with Crippen LogP contribution in [0.15, 0.2) is 48.5 Å². The second-order valence-electron chi connectivity index (χ2n) is 4.96. The molecule has 0 aromatic heterocycles. The SMILES string of the molecule is COc1ccc(C(=O)O[C@@H](C)C(=O)Nc2cccc(C#N)c2)cc1. The van der Waals surface area contributed by atoms with Crippen LogP contribution >= 0.6 is 0 Å². The van der Waals surface area contributed by atoms with E-state index in [2.05, 4.69) is 5.32 Å². The van der Waals surface area contributed by atoms with Crippen LogP contribution in [0.1, 0.15) is 22.8 Å². The molecule has 2 aromatic carbocycles. The molecule has 0 spiro atoms.